The van der Waals surface area contributed by atoms with Crippen LogP contribution in [-0.2, 0) is 17.1 Å². The maximum atomic E-state index is 13.2. The lowest BCUT2D eigenvalue weighted by Crippen LogP contribution is -2.41. The van der Waals surface area contributed by atoms with Crippen molar-refractivity contribution in [3.05, 3.63) is 70.8 Å². The summed E-state index contributed by atoms with van der Waals surface area (Å²) >= 11 is 0. The molecule has 0 aliphatic carbocycles. The largest absolute Gasteiger partial charge is 0.416 e. The number of carbonyl (C=O) groups is 2. The van der Waals surface area contributed by atoms with E-state index in [0.29, 0.717) is 18.6 Å². The number of nitrogens with one attached hydrogen (secondary N) is 1. The van der Waals surface area contributed by atoms with Crippen LogP contribution in [0, 0.1) is 0 Å². The molecule has 0 aliphatic heterocycles. The number of alkyl halides is 6. The second-order valence-electron chi connectivity index (χ2n) is 8.00. The third-order valence-corrected chi connectivity index (χ3v) is 5.48. The lowest BCUT2D eigenvalue weighted by atomic mass is 10.0. The van der Waals surface area contributed by atoms with Crippen LogP contribution in [0.1, 0.15) is 66.7 Å². The van der Waals surface area contributed by atoms with Crippen molar-refractivity contribution >= 4 is 11.8 Å². The molecular formula is C24H26F6N2O2. The molecule has 0 bridgehead atoms. The van der Waals surface area contributed by atoms with Gasteiger partial charge in [-0.25, -0.2) is 0 Å². The molecule has 10 heteroatoms. The molecule has 2 atom stereocenters. The van der Waals surface area contributed by atoms with Gasteiger partial charge >= 0.3 is 12.4 Å². The average Bonchev–Trinajstić information content (AvgIpc) is 2.77. The smallest absolute Gasteiger partial charge is 0.350 e. The summed E-state index contributed by atoms with van der Waals surface area (Å²) in [5.74, 6) is -1.41. The van der Waals surface area contributed by atoms with Crippen LogP contribution in [-0.4, -0.2) is 29.3 Å². The topological polar surface area (TPSA) is 49.4 Å². The summed E-state index contributed by atoms with van der Waals surface area (Å²) in [6.45, 7) is 4.93. The number of halogens is 6. The first kappa shape index (κ1) is 27.2. The van der Waals surface area contributed by atoms with E-state index in [1.165, 1.54) is 0 Å². The van der Waals surface area contributed by atoms with E-state index in [1.54, 1.807) is 20.8 Å². The van der Waals surface area contributed by atoms with Gasteiger partial charge in [-0.05, 0) is 44.0 Å². The maximum absolute atomic E-state index is 13.2. The molecule has 1 N–H and O–H groups in total. The minimum atomic E-state index is -5.06. The summed E-state index contributed by atoms with van der Waals surface area (Å²) in [5, 5.41) is 2.77. The van der Waals surface area contributed by atoms with Crippen molar-refractivity contribution in [2.75, 3.05) is 6.54 Å². The number of hydrogen-bond donors (Lipinski definition) is 1. The van der Waals surface area contributed by atoms with E-state index in [4.69, 9.17) is 0 Å². The highest BCUT2D eigenvalue weighted by Gasteiger charge is 2.38. The van der Waals surface area contributed by atoms with E-state index >= 15 is 0 Å². The Morgan fingerprint density at radius 1 is 0.912 bits per heavy atom. The SMILES string of the molecule is CCC(C)N(CCC(=O)NC(C)c1ccccc1)C(=O)c1cc(C(F)(F)F)cc(C(F)(F)F)c1. The van der Waals surface area contributed by atoms with E-state index in [1.807, 2.05) is 30.3 Å². The van der Waals surface area contributed by atoms with Crippen LogP contribution >= 0.6 is 0 Å². The van der Waals surface area contributed by atoms with Crippen molar-refractivity contribution in [2.24, 2.45) is 0 Å². The van der Waals surface area contributed by atoms with Gasteiger partial charge in [0.2, 0.25) is 5.91 Å². The van der Waals surface area contributed by atoms with Crippen LogP contribution in [0.4, 0.5) is 26.3 Å². The Hall–Kier alpha value is -3.04. The number of carbonyl (C=O) groups excluding carboxylic acids is 2. The van der Waals surface area contributed by atoms with Crippen molar-refractivity contribution in [1.82, 2.24) is 10.2 Å². The Kier molecular flexibility index (Phi) is 8.74. The summed E-state index contributed by atoms with van der Waals surface area (Å²) in [5.41, 5.74) is -3.01. The Morgan fingerprint density at radius 3 is 1.91 bits per heavy atom. The second-order valence-corrected chi connectivity index (χ2v) is 8.00. The van der Waals surface area contributed by atoms with Gasteiger partial charge in [0.05, 0.1) is 17.2 Å². The quantitative estimate of drug-likeness (QED) is 0.448. The zero-order valence-corrected chi connectivity index (χ0v) is 18.9. The first-order valence-electron chi connectivity index (χ1n) is 10.7. The maximum Gasteiger partial charge on any atom is 0.416 e. The lowest BCUT2D eigenvalue weighted by molar-refractivity contribution is -0.143. The lowest BCUT2D eigenvalue weighted by Gasteiger charge is -2.29. The molecule has 2 aromatic rings. The van der Waals surface area contributed by atoms with Gasteiger partial charge < -0.3 is 10.2 Å². The van der Waals surface area contributed by atoms with Gasteiger partial charge in [0.15, 0.2) is 0 Å². The number of hydrogen-bond acceptors (Lipinski definition) is 2. The molecular weight excluding hydrogens is 462 g/mol. The minimum Gasteiger partial charge on any atom is -0.350 e. The first-order chi connectivity index (χ1) is 15.7. The highest BCUT2D eigenvalue weighted by Crippen LogP contribution is 2.36. The van der Waals surface area contributed by atoms with E-state index in [2.05, 4.69) is 5.32 Å². The number of benzene rings is 2. The van der Waals surface area contributed by atoms with Crippen molar-refractivity contribution in [3.8, 4) is 0 Å². The molecule has 0 aliphatic rings. The summed E-state index contributed by atoms with van der Waals surface area (Å²) in [6, 6.07) is 9.05. The molecule has 0 saturated heterocycles. The number of nitrogens with zero attached hydrogens (tertiary/aromatic N) is 1. The fraction of sp³-hybridized carbons (Fsp3) is 0.417. The Balaban J connectivity index is 2.25. The fourth-order valence-corrected chi connectivity index (χ4v) is 3.35. The molecule has 0 spiro atoms. The highest BCUT2D eigenvalue weighted by atomic mass is 19.4. The average molecular weight is 488 g/mol. The summed E-state index contributed by atoms with van der Waals surface area (Å²) < 4.78 is 79.2. The van der Waals surface area contributed by atoms with Crippen LogP contribution in [0.3, 0.4) is 0 Å². The predicted octanol–water partition coefficient (Wildman–Crippen LogP) is 6.23. The van der Waals surface area contributed by atoms with Crippen LogP contribution < -0.4 is 5.32 Å². The Morgan fingerprint density at radius 2 is 1.44 bits per heavy atom. The van der Waals surface area contributed by atoms with E-state index in [0.717, 1.165) is 10.5 Å². The van der Waals surface area contributed by atoms with Gasteiger partial charge in [-0.1, -0.05) is 37.3 Å². The second kappa shape index (κ2) is 10.9. The molecule has 2 rings (SSSR count). The Bertz CT molecular complexity index is 957. The van der Waals surface area contributed by atoms with Gasteiger partial charge in [0, 0.05) is 24.6 Å². The molecule has 0 fully saturated rings. The summed E-state index contributed by atoms with van der Waals surface area (Å²) in [4.78, 5) is 26.6. The van der Waals surface area contributed by atoms with Crippen molar-refractivity contribution in [3.63, 3.8) is 0 Å². The van der Waals surface area contributed by atoms with E-state index < -0.39 is 46.9 Å². The monoisotopic (exact) mass is 488 g/mol. The predicted molar refractivity (Wildman–Crippen MR) is 115 cm³/mol. The third kappa shape index (κ3) is 7.23. The zero-order chi connectivity index (χ0) is 25.7. The molecule has 186 valence electrons. The van der Waals surface area contributed by atoms with Gasteiger partial charge in [-0.3, -0.25) is 9.59 Å². The van der Waals surface area contributed by atoms with Crippen LogP contribution in [0.25, 0.3) is 0 Å². The molecule has 0 heterocycles. The fourth-order valence-electron chi connectivity index (χ4n) is 3.35. The molecule has 2 aromatic carbocycles. The van der Waals surface area contributed by atoms with Crippen molar-refractivity contribution in [2.45, 2.75) is 58.0 Å². The summed E-state index contributed by atoms with van der Waals surface area (Å²) in [6.07, 6.45) is -9.91. The van der Waals surface area contributed by atoms with Crippen LogP contribution in [0.15, 0.2) is 48.5 Å². The van der Waals surface area contributed by atoms with Crippen LogP contribution in [0.2, 0.25) is 0 Å². The van der Waals surface area contributed by atoms with Crippen molar-refractivity contribution in [1.29, 1.82) is 0 Å². The minimum absolute atomic E-state index is 0.0250. The zero-order valence-electron chi connectivity index (χ0n) is 18.9. The molecule has 2 unspecified atom stereocenters. The normalized spacial score (nSPS) is 13.8. The molecule has 0 radical (unpaired) electrons. The number of rotatable bonds is 8. The van der Waals surface area contributed by atoms with Gasteiger partial charge in [0.25, 0.3) is 5.91 Å². The molecule has 4 nitrogen and oxygen atoms in total. The van der Waals surface area contributed by atoms with E-state index in [9.17, 15) is 35.9 Å². The summed E-state index contributed by atoms with van der Waals surface area (Å²) in [7, 11) is 0. The standard InChI is InChI=1S/C24H26F6N2O2/c1-4-15(2)32(11-10-21(33)31-16(3)17-8-6-5-7-9-17)22(34)18-12-19(23(25,26)27)14-20(13-18)24(28,29)30/h5-9,12-16H,4,10-11H2,1-3H3,(H,31,33). The van der Waals surface area contributed by atoms with Gasteiger partial charge in [-0.2, -0.15) is 26.3 Å². The molecule has 34 heavy (non-hydrogen) atoms. The highest BCUT2D eigenvalue weighted by molar-refractivity contribution is 5.95. The van der Waals surface area contributed by atoms with Gasteiger partial charge in [0.1, 0.15) is 0 Å². The molecule has 0 saturated carbocycles. The molecule has 0 aromatic heterocycles. The molecule has 2 amide bonds. The van der Waals surface area contributed by atoms with Crippen LogP contribution in [0.5, 0.6) is 0 Å². The van der Waals surface area contributed by atoms with Gasteiger partial charge in [-0.15, -0.1) is 0 Å². The number of amides is 2. The van der Waals surface area contributed by atoms with E-state index in [-0.39, 0.29) is 25.1 Å². The first-order valence-corrected chi connectivity index (χ1v) is 10.7. The Labute approximate surface area is 193 Å². The third-order valence-electron chi connectivity index (χ3n) is 5.48. The van der Waals surface area contributed by atoms with Crippen molar-refractivity contribution < 1.29 is 35.9 Å².